The third-order valence-electron chi connectivity index (χ3n) is 4.13. The van der Waals surface area contributed by atoms with Crippen molar-refractivity contribution in [3.63, 3.8) is 0 Å². The third-order valence-corrected chi connectivity index (χ3v) is 9.46. The molecule has 0 saturated heterocycles. The molecule has 3 rings (SSSR count). The summed E-state index contributed by atoms with van der Waals surface area (Å²) < 4.78 is 51.3. The smallest absolute Gasteiger partial charge is 0.196 e. The van der Waals surface area contributed by atoms with Crippen molar-refractivity contribution in [2.24, 2.45) is 0 Å². The van der Waals surface area contributed by atoms with Gasteiger partial charge in [0.05, 0.1) is 9.79 Å². The van der Waals surface area contributed by atoms with Gasteiger partial charge in [-0.2, -0.15) is 0 Å². The molecule has 140 valence electrons. The van der Waals surface area contributed by atoms with Crippen molar-refractivity contribution in [2.75, 3.05) is 0 Å². The number of hydrogen-bond donors (Lipinski definition) is 0. The average molecular weight is 421 g/mol. The number of halogens is 1. The highest BCUT2D eigenvalue weighted by Crippen LogP contribution is 2.29. The van der Waals surface area contributed by atoms with E-state index in [0.717, 1.165) is 0 Å². The standard InChI is InChI=1S/C20H17ClO4S2/c21-17-9-7-8-16(14-17)15-20(26(22,23)18-10-3-1-4-11-18)27(24,25)19-12-5-2-6-13-19/h1-14,20H,15H2. The largest absolute Gasteiger partial charge is 0.222 e. The van der Waals surface area contributed by atoms with E-state index < -0.39 is 24.3 Å². The minimum Gasteiger partial charge on any atom is -0.222 e. The Morgan fingerprint density at radius 2 is 1.15 bits per heavy atom. The van der Waals surface area contributed by atoms with E-state index in [1.165, 1.54) is 24.3 Å². The molecule has 0 aliphatic carbocycles. The van der Waals surface area contributed by atoms with Crippen molar-refractivity contribution in [1.82, 2.24) is 0 Å². The molecule has 0 bridgehead atoms. The Kier molecular flexibility index (Phi) is 5.69. The summed E-state index contributed by atoms with van der Waals surface area (Å²) in [6, 6.07) is 21.8. The average Bonchev–Trinajstić information content (AvgIpc) is 2.67. The Morgan fingerprint density at radius 3 is 1.59 bits per heavy atom. The topological polar surface area (TPSA) is 68.3 Å². The van der Waals surface area contributed by atoms with Crippen LogP contribution in [0.2, 0.25) is 5.02 Å². The third kappa shape index (κ3) is 4.24. The molecule has 3 aromatic carbocycles. The molecular formula is C20H17ClO4S2. The molecule has 7 heteroatoms. The van der Waals surface area contributed by atoms with Crippen LogP contribution in [0.4, 0.5) is 0 Å². The first-order valence-electron chi connectivity index (χ1n) is 8.14. The Morgan fingerprint density at radius 1 is 0.667 bits per heavy atom. The second-order valence-electron chi connectivity index (χ2n) is 5.98. The minimum absolute atomic E-state index is 0.0310. The lowest BCUT2D eigenvalue weighted by molar-refractivity contribution is 0.573. The van der Waals surface area contributed by atoms with E-state index in [0.29, 0.717) is 10.6 Å². The van der Waals surface area contributed by atoms with Crippen LogP contribution in [-0.4, -0.2) is 21.4 Å². The van der Waals surface area contributed by atoms with E-state index >= 15 is 0 Å². The lowest BCUT2D eigenvalue weighted by Gasteiger charge is -2.19. The maximum atomic E-state index is 13.2. The number of rotatable bonds is 6. The molecule has 0 amide bonds. The van der Waals surface area contributed by atoms with Crippen molar-refractivity contribution in [1.29, 1.82) is 0 Å². The molecule has 0 aromatic heterocycles. The van der Waals surface area contributed by atoms with E-state index in [2.05, 4.69) is 0 Å². The molecule has 0 atom stereocenters. The second kappa shape index (κ2) is 7.84. The van der Waals surface area contributed by atoms with Gasteiger partial charge in [-0.1, -0.05) is 60.1 Å². The van der Waals surface area contributed by atoms with E-state index in [-0.39, 0.29) is 16.2 Å². The van der Waals surface area contributed by atoms with Gasteiger partial charge in [0.15, 0.2) is 24.3 Å². The normalized spacial score (nSPS) is 12.2. The highest BCUT2D eigenvalue weighted by molar-refractivity contribution is 8.09. The molecule has 0 saturated carbocycles. The molecule has 0 aliphatic heterocycles. The Labute approximate surface area is 164 Å². The van der Waals surface area contributed by atoms with Crippen LogP contribution in [0.5, 0.6) is 0 Å². The Bertz CT molecular complexity index is 1060. The summed E-state index contributed by atoms with van der Waals surface area (Å²) in [6.07, 6.45) is -0.199. The van der Waals surface area contributed by atoms with Gasteiger partial charge in [0.1, 0.15) is 0 Å². The van der Waals surface area contributed by atoms with Crippen molar-refractivity contribution >= 4 is 31.3 Å². The zero-order valence-corrected chi connectivity index (χ0v) is 16.6. The quantitative estimate of drug-likeness (QED) is 0.600. The van der Waals surface area contributed by atoms with E-state index in [4.69, 9.17) is 11.6 Å². The SMILES string of the molecule is O=S(=O)(c1ccccc1)C(Cc1cccc(Cl)c1)S(=O)(=O)c1ccccc1. The minimum atomic E-state index is -4.15. The van der Waals surface area contributed by atoms with Crippen LogP contribution < -0.4 is 0 Å². The van der Waals surface area contributed by atoms with Crippen molar-refractivity contribution in [2.45, 2.75) is 20.8 Å². The molecule has 27 heavy (non-hydrogen) atoms. The summed E-state index contributed by atoms with van der Waals surface area (Å²) in [5.41, 5.74) is 0.534. The Hall–Kier alpha value is -2.15. The lowest BCUT2D eigenvalue weighted by Crippen LogP contribution is -2.33. The second-order valence-corrected chi connectivity index (χ2v) is 11.0. The number of benzene rings is 3. The van der Waals surface area contributed by atoms with Gasteiger partial charge in [0, 0.05) is 11.4 Å². The van der Waals surface area contributed by atoms with Gasteiger partial charge >= 0.3 is 0 Å². The van der Waals surface area contributed by atoms with Crippen molar-refractivity contribution in [3.05, 3.63) is 95.5 Å². The van der Waals surface area contributed by atoms with Crippen LogP contribution in [0.3, 0.4) is 0 Å². The summed E-state index contributed by atoms with van der Waals surface area (Å²) >= 11 is 5.99. The van der Waals surface area contributed by atoms with E-state index in [1.54, 1.807) is 60.7 Å². The van der Waals surface area contributed by atoms with Crippen molar-refractivity contribution < 1.29 is 16.8 Å². The molecule has 0 heterocycles. The molecule has 0 radical (unpaired) electrons. The van der Waals surface area contributed by atoms with Gasteiger partial charge in [-0.05, 0) is 42.0 Å². The monoisotopic (exact) mass is 420 g/mol. The first kappa shape index (κ1) is 19.6. The number of sulfone groups is 2. The molecular weight excluding hydrogens is 404 g/mol. The van der Waals surface area contributed by atoms with Gasteiger partial charge in [-0.15, -0.1) is 0 Å². The molecule has 3 aromatic rings. The van der Waals surface area contributed by atoms with Crippen LogP contribution in [0.25, 0.3) is 0 Å². The lowest BCUT2D eigenvalue weighted by atomic mass is 10.2. The van der Waals surface area contributed by atoms with Crippen LogP contribution in [0, 0.1) is 0 Å². The van der Waals surface area contributed by atoms with Crippen LogP contribution in [0.1, 0.15) is 5.56 Å². The predicted molar refractivity (Wildman–Crippen MR) is 106 cm³/mol. The highest BCUT2D eigenvalue weighted by atomic mass is 35.5. The zero-order valence-electron chi connectivity index (χ0n) is 14.2. The zero-order chi connectivity index (χ0) is 19.5. The molecule has 4 nitrogen and oxygen atoms in total. The molecule has 0 fully saturated rings. The first-order valence-corrected chi connectivity index (χ1v) is 11.6. The molecule has 0 spiro atoms. The Balaban J connectivity index is 2.15. The van der Waals surface area contributed by atoms with Gasteiger partial charge in [0.25, 0.3) is 0 Å². The predicted octanol–water partition coefficient (Wildman–Crippen LogP) is 4.16. The maximum absolute atomic E-state index is 13.2. The maximum Gasteiger partial charge on any atom is 0.196 e. The van der Waals surface area contributed by atoms with Crippen LogP contribution in [-0.2, 0) is 26.1 Å². The summed E-state index contributed by atoms with van der Waals surface area (Å²) in [7, 11) is -8.30. The van der Waals surface area contributed by atoms with Gasteiger partial charge in [-0.25, -0.2) is 16.8 Å². The van der Waals surface area contributed by atoms with Crippen molar-refractivity contribution in [3.8, 4) is 0 Å². The first-order chi connectivity index (χ1) is 12.8. The van der Waals surface area contributed by atoms with E-state index in [1.807, 2.05) is 0 Å². The van der Waals surface area contributed by atoms with Crippen LogP contribution >= 0.6 is 11.6 Å². The number of hydrogen-bond acceptors (Lipinski definition) is 4. The van der Waals surface area contributed by atoms with Gasteiger partial charge in [0.2, 0.25) is 0 Å². The summed E-state index contributed by atoms with van der Waals surface area (Å²) in [5, 5.41) is 0.417. The fraction of sp³-hybridized carbons (Fsp3) is 0.100. The van der Waals surface area contributed by atoms with Gasteiger partial charge in [-0.3, -0.25) is 0 Å². The summed E-state index contributed by atoms with van der Waals surface area (Å²) in [6.45, 7) is 0. The highest BCUT2D eigenvalue weighted by Gasteiger charge is 2.39. The summed E-state index contributed by atoms with van der Waals surface area (Å²) in [5.74, 6) is 0. The fourth-order valence-electron chi connectivity index (χ4n) is 2.77. The van der Waals surface area contributed by atoms with Crippen LogP contribution in [0.15, 0.2) is 94.7 Å². The van der Waals surface area contributed by atoms with Gasteiger partial charge < -0.3 is 0 Å². The summed E-state index contributed by atoms with van der Waals surface area (Å²) in [4.78, 5) is -0.0620. The van der Waals surface area contributed by atoms with E-state index in [9.17, 15) is 16.8 Å². The fourth-order valence-corrected chi connectivity index (χ4v) is 7.48. The molecule has 0 N–H and O–H groups in total. The molecule has 0 unspecified atom stereocenters. The molecule has 0 aliphatic rings.